The molecule has 0 radical (unpaired) electrons. The maximum atomic E-state index is 13.1. The van der Waals surface area contributed by atoms with Crippen LogP contribution in [-0.2, 0) is 14.8 Å². The zero-order valence-electron chi connectivity index (χ0n) is 19.0. The molecule has 1 aliphatic rings. The molecule has 1 aromatic heterocycles. The van der Waals surface area contributed by atoms with Crippen molar-refractivity contribution in [3.63, 3.8) is 0 Å². The van der Waals surface area contributed by atoms with Crippen LogP contribution in [0.15, 0.2) is 58.9 Å². The quantitative estimate of drug-likeness (QED) is 0.440. The Morgan fingerprint density at radius 3 is 2.63 bits per heavy atom. The van der Waals surface area contributed by atoms with Crippen molar-refractivity contribution in [3.8, 4) is 5.75 Å². The average Bonchev–Trinajstić information content (AvgIpc) is 3.34. The molecule has 3 aromatic rings. The first-order chi connectivity index (χ1) is 16.7. The fourth-order valence-electron chi connectivity index (χ4n) is 3.85. The molecule has 1 saturated heterocycles. The van der Waals surface area contributed by atoms with Gasteiger partial charge in [0, 0.05) is 44.4 Å². The Labute approximate surface area is 220 Å². The summed E-state index contributed by atoms with van der Waals surface area (Å²) < 4.78 is 33.4. The van der Waals surface area contributed by atoms with Gasteiger partial charge in [0.25, 0.3) is 15.9 Å². The van der Waals surface area contributed by atoms with Crippen molar-refractivity contribution < 1.29 is 19.4 Å². The number of hydrogen-bond donors (Lipinski definition) is 1. The molecule has 1 N–H and O–H groups in total. The van der Waals surface area contributed by atoms with Gasteiger partial charge < -0.3 is 14.5 Å². The van der Waals surface area contributed by atoms with Gasteiger partial charge in [-0.2, -0.15) is 0 Å². The molecule has 1 amide bonds. The molecule has 0 bridgehead atoms. The van der Waals surface area contributed by atoms with E-state index >= 15 is 0 Å². The molecule has 0 saturated carbocycles. The van der Waals surface area contributed by atoms with Gasteiger partial charge in [-0.3, -0.25) is 9.52 Å². The highest BCUT2D eigenvalue weighted by Crippen LogP contribution is 2.32. The number of amides is 1. The lowest BCUT2D eigenvalue weighted by Crippen LogP contribution is -2.56. The molecule has 1 aliphatic heterocycles. The molecule has 2 atom stereocenters. The minimum absolute atomic E-state index is 0. The number of benzene rings is 2. The van der Waals surface area contributed by atoms with Crippen molar-refractivity contribution in [2.45, 2.75) is 30.9 Å². The smallest absolute Gasteiger partial charge is 0.263 e. The standard InChI is InChI=1S/C23H24Cl2N4O4S2.H2/c1-15-14-28(17-6-8-18(9-7-17)35(31,32)27-23-26-10-13-34-23)11-12-29(15)22(30)16(2)33-20-5-3-4-19(24)21(20)25;/h3-10,13,15-16H,11-12,14H2,1-2H3,(H,26,27);1H/t15-,16?;/m1./s1. The first-order valence-corrected chi connectivity index (χ1v) is 14.0. The molecule has 1 unspecified atom stereocenters. The van der Waals surface area contributed by atoms with Crippen LogP contribution >= 0.6 is 34.5 Å². The highest BCUT2D eigenvalue weighted by atomic mass is 35.5. The van der Waals surface area contributed by atoms with Gasteiger partial charge in [0.2, 0.25) is 0 Å². The summed E-state index contributed by atoms with van der Waals surface area (Å²) in [7, 11) is -3.71. The lowest BCUT2D eigenvalue weighted by atomic mass is 10.1. The summed E-state index contributed by atoms with van der Waals surface area (Å²) in [6.07, 6.45) is 0.811. The number of rotatable bonds is 7. The highest BCUT2D eigenvalue weighted by molar-refractivity contribution is 7.93. The normalized spacial score (nSPS) is 17.2. The molecule has 2 heterocycles. The van der Waals surface area contributed by atoms with Gasteiger partial charge in [0.15, 0.2) is 11.2 Å². The second-order valence-electron chi connectivity index (χ2n) is 8.08. The molecule has 0 spiro atoms. The van der Waals surface area contributed by atoms with E-state index in [1.54, 1.807) is 59.7 Å². The minimum Gasteiger partial charge on any atom is -0.479 e. The maximum Gasteiger partial charge on any atom is 0.263 e. The lowest BCUT2D eigenvalue weighted by Gasteiger charge is -2.41. The van der Waals surface area contributed by atoms with Gasteiger partial charge in [-0.25, -0.2) is 13.4 Å². The summed E-state index contributed by atoms with van der Waals surface area (Å²) in [6.45, 7) is 5.37. The van der Waals surface area contributed by atoms with Crippen molar-refractivity contribution in [1.29, 1.82) is 0 Å². The number of thiazole rings is 1. The Morgan fingerprint density at radius 2 is 1.97 bits per heavy atom. The van der Waals surface area contributed by atoms with Crippen LogP contribution in [0.25, 0.3) is 0 Å². The van der Waals surface area contributed by atoms with E-state index in [9.17, 15) is 13.2 Å². The second-order valence-corrected chi connectivity index (χ2v) is 11.4. The van der Waals surface area contributed by atoms with E-state index in [1.807, 2.05) is 6.92 Å². The molecule has 0 aliphatic carbocycles. The van der Waals surface area contributed by atoms with Crippen LogP contribution in [0, 0.1) is 0 Å². The lowest BCUT2D eigenvalue weighted by molar-refractivity contribution is -0.140. The fourth-order valence-corrected chi connectivity index (χ4v) is 5.98. The number of nitrogens with one attached hydrogen (secondary N) is 1. The molecule has 8 nitrogen and oxygen atoms in total. The SMILES string of the molecule is CC(Oc1cccc(Cl)c1Cl)C(=O)N1CCN(c2ccc(S(=O)(=O)Nc3nccs3)cc2)C[C@H]1C.[HH]. The Hall–Kier alpha value is -2.53. The van der Waals surface area contributed by atoms with E-state index in [2.05, 4.69) is 14.6 Å². The van der Waals surface area contributed by atoms with Crippen LogP contribution in [-0.4, -0.2) is 56.0 Å². The molecule has 35 heavy (non-hydrogen) atoms. The number of aromatic nitrogens is 1. The monoisotopic (exact) mass is 556 g/mol. The van der Waals surface area contributed by atoms with Gasteiger partial charge in [-0.15, -0.1) is 11.3 Å². The van der Waals surface area contributed by atoms with E-state index in [-0.39, 0.29) is 23.3 Å². The third kappa shape index (κ3) is 5.83. The van der Waals surface area contributed by atoms with Gasteiger partial charge >= 0.3 is 0 Å². The summed E-state index contributed by atoms with van der Waals surface area (Å²) in [5.74, 6) is 0.230. The number of carbonyl (C=O) groups excluding carboxylic acids is 1. The van der Waals surface area contributed by atoms with E-state index in [1.165, 1.54) is 17.5 Å². The van der Waals surface area contributed by atoms with Crippen LogP contribution in [0.4, 0.5) is 10.8 Å². The minimum atomic E-state index is -3.71. The van der Waals surface area contributed by atoms with Crippen LogP contribution in [0.3, 0.4) is 0 Å². The third-order valence-electron chi connectivity index (χ3n) is 5.64. The number of halogens is 2. The molecule has 188 valence electrons. The number of piperazine rings is 1. The van der Waals surface area contributed by atoms with Crippen molar-refractivity contribution in [1.82, 2.24) is 9.88 Å². The predicted molar refractivity (Wildman–Crippen MR) is 141 cm³/mol. The fraction of sp³-hybridized carbons (Fsp3) is 0.304. The molecule has 2 aromatic carbocycles. The van der Waals surface area contributed by atoms with Gasteiger partial charge in [0.05, 0.1) is 9.92 Å². The average molecular weight is 558 g/mol. The largest absolute Gasteiger partial charge is 0.479 e. The zero-order valence-corrected chi connectivity index (χ0v) is 22.2. The van der Waals surface area contributed by atoms with Gasteiger partial charge in [-0.1, -0.05) is 29.3 Å². The number of nitrogens with zero attached hydrogens (tertiary/aromatic N) is 3. The van der Waals surface area contributed by atoms with Gasteiger partial charge in [-0.05, 0) is 50.2 Å². The number of ether oxygens (including phenoxy) is 1. The second kappa shape index (κ2) is 10.6. The molecule has 4 rings (SSSR count). The Balaban J connectivity index is 0.00000361. The number of hydrogen-bond acceptors (Lipinski definition) is 7. The van der Waals surface area contributed by atoms with Crippen LogP contribution in [0.1, 0.15) is 15.3 Å². The molecular weight excluding hydrogens is 531 g/mol. The van der Waals surface area contributed by atoms with E-state index < -0.39 is 16.1 Å². The zero-order chi connectivity index (χ0) is 25.2. The summed E-state index contributed by atoms with van der Waals surface area (Å²) in [6, 6.07) is 11.7. The molecule has 1 fully saturated rings. The van der Waals surface area contributed by atoms with Crippen LogP contribution in [0.5, 0.6) is 5.75 Å². The molecular formula is C23H26Cl2N4O4S2. The van der Waals surface area contributed by atoms with Gasteiger partial charge in [0.1, 0.15) is 10.8 Å². The Kier molecular flexibility index (Phi) is 7.75. The van der Waals surface area contributed by atoms with E-state index in [0.717, 1.165) is 5.69 Å². The van der Waals surface area contributed by atoms with Crippen molar-refractivity contribution in [3.05, 3.63) is 64.1 Å². The highest BCUT2D eigenvalue weighted by Gasteiger charge is 2.31. The van der Waals surface area contributed by atoms with Crippen molar-refractivity contribution >= 4 is 61.3 Å². The number of anilines is 2. The first-order valence-electron chi connectivity index (χ1n) is 10.8. The van der Waals surface area contributed by atoms with E-state index in [0.29, 0.717) is 35.5 Å². The molecule has 12 heteroatoms. The summed E-state index contributed by atoms with van der Waals surface area (Å²) in [5.41, 5.74) is 0.882. The summed E-state index contributed by atoms with van der Waals surface area (Å²) in [5, 5.41) is 2.66. The predicted octanol–water partition coefficient (Wildman–Crippen LogP) is 5.00. The summed E-state index contributed by atoms with van der Waals surface area (Å²) >= 11 is 13.4. The Morgan fingerprint density at radius 1 is 1.23 bits per heavy atom. The maximum absolute atomic E-state index is 13.1. The third-order valence-corrected chi connectivity index (χ3v) is 8.62. The van der Waals surface area contributed by atoms with Crippen molar-refractivity contribution in [2.75, 3.05) is 29.3 Å². The summed E-state index contributed by atoms with van der Waals surface area (Å²) in [4.78, 5) is 21.1. The first kappa shape index (κ1) is 25.6. The Bertz CT molecular complexity index is 1290. The van der Waals surface area contributed by atoms with Crippen LogP contribution < -0.4 is 14.4 Å². The number of carbonyl (C=O) groups is 1. The van der Waals surface area contributed by atoms with Crippen molar-refractivity contribution in [2.24, 2.45) is 0 Å². The van der Waals surface area contributed by atoms with E-state index in [4.69, 9.17) is 27.9 Å². The topological polar surface area (TPSA) is 91.8 Å². The number of sulfonamides is 1. The van der Waals surface area contributed by atoms with Crippen LogP contribution in [0.2, 0.25) is 10.0 Å².